The van der Waals surface area contributed by atoms with Gasteiger partial charge in [0.05, 0.1) is 26.5 Å². The molecule has 0 atom stereocenters. The van der Waals surface area contributed by atoms with Gasteiger partial charge in [0.1, 0.15) is 10.8 Å². The molecule has 2 heterocycles. The largest absolute Gasteiger partial charge is 0.482 e. The summed E-state index contributed by atoms with van der Waals surface area (Å²) in [4.78, 5) is 20.7. The molecule has 0 aliphatic heterocycles. The van der Waals surface area contributed by atoms with Gasteiger partial charge in [0.25, 0.3) is 0 Å². The number of carboxylic acid groups (broad SMARTS) is 1. The maximum atomic E-state index is 12.8. The second kappa shape index (κ2) is 8.27. The third-order valence-corrected chi connectivity index (χ3v) is 6.67. The number of carboxylic acids is 1. The molecule has 0 saturated carbocycles. The highest BCUT2D eigenvalue weighted by molar-refractivity contribution is 7.19. The van der Waals surface area contributed by atoms with Gasteiger partial charge in [-0.05, 0) is 31.2 Å². The zero-order valence-corrected chi connectivity index (χ0v) is 17.7. The van der Waals surface area contributed by atoms with E-state index >= 15 is 0 Å². The minimum Gasteiger partial charge on any atom is -0.482 e. The molecule has 0 unspecified atom stereocenters. The van der Waals surface area contributed by atoms with Crippen LogP contribution in [0.25, 0.3) is 20.8 Å². The average molecular weight is 464 g/mol. The average Bonchev–Trinajstić information content (AvgIpc) is 3.28. The Kier molecular flexibility index (Phi) is 5.67. The van der Waals surface area contributed by atoms with E-state index < -0.39 is 24.3 Å². The molecule has 1 N–H and O–H groups in total. The van der Waals surface area contributed by atoms with Crippen LogP contribution in [0.2, 0.25) is 0 Å². The van der Waals surface area contributed by atoms with Gasteiger partial charge in [-0.2, -0.15) is 13.2 Å². The van der Waals surface area contributed by atoms with Crippen LogP contribution < -0.4 is 4.74 Å². The molecule has 0 spiro atoms. The number of rotatable bonds is 6. The summed E-state index contributed by atoms with van der Waals surface area (Å²) in [5, 5.41) is 10.2. The predicted octanol–water partition coefficient (Wildman–Crippen LogP) is 5.80. The SMILES string of the molecule is Cc1nc(-c2ccc(C(F)(F)F)cc2)sc1Cc1nc2cc(OCC(=O)O)ccc2s1. The van der Waals surface area contributed by atoms with E-state index in [0.29, 0.717) is 28.3 Å². The van der Waals surface area contributed by atoms with Crippen molar-refractivity contribution in [3.8, 4) is 16.3 Å². The molecule has 5 nitrogen and oxygen atoms in total. The van der Waals surface area contributed by atoms with Crippen LogP contribution in [0.3, 0.4) is 0 Å². The third-order valence-electron chi connectivity index (χ3n) is 4.43. The third kappa shape index (κ3) is 4.86. The van der Waals surface area contributed by atoms with Crippen molar-refractivity contribution < 1.29 is 27.8 Å². The smallest absolute Gasteiger partial charge is 0.416 e. The lowest BCUT2D eigenvalue weighted by Crippen LogP contribution is -2.09. The normalized spacial score (nSPS) is 11.7. The van der Waals surface area contributed by atoms with Crippen LogP contribution in [-0.4, -0.2) is 27.7 Å². The summed E-state index contributed by atoms with van der Waals surface area (Å²) in [5.41, 5.74) is 1.47. The van der Waals surface area contributed by atoms with Crippen molar-refractivity contribution >= 4 is 38.9 Å². The summed E-state index contributed by atoms with van der Waals surface area (Å²) in [6.07, 6.45) is -3.82. The Morgan fingerprint density at radius 1 is 1.10 bits per heavy atom. The van der Waals surface area contributed by atoms with Crippen molar-refractivity contribution in [3.05, 3.63) is 63.6 Å². The van der Waals surface area contributed by atoms with E-state index in [2.05, 4.69) is 9.97 Å². The number of ether oxygens (including phenoxy) is 1. The van der Waals surface area contributed by atoms with Crippen molar-refractivity contribution in [3.63, 3.8) is 0 Å². The summed E-state index contributed by atoms with van der Waals surface area (Å²) in [6, 6.07) is 10.2. The topological polar surface area (TPSA) is 72.3 Å². The maximum Gasteiger partial charge on any atom is 0.416 e. The molecule has 4 rings (SSSR count). The highest BCUT2D eigenvalue weighted by Crippen LogP contribution is 2.34. The molecular weight excluding hydrogens is 449 g/mol. The van der Waals surface area contributed by atoms with Crippen LogP contribution in [0.1, 0.15) is 21.1 Å². The quantitative estimate of drug-likeness (QED) is 0.390. The van der Waals surface area contributed by atoms with E-state index in [-0.39, 0.29) is 0 Å². The Hall–Kier alpha value is -2.98. The Morgan fingerprint density at radius 3 is 2.52 bits per heavy atom. The molecule has 4 aromatic rings. The number of nitrogens with zero attached hydrogens (tertiary/aromatic N) is 2. The van der Waals surface area contributed by atoms with Crippen LogP contribution in [-0.2, 0) is 17.4 Å². The van der Waals surface area contributed by atoms with Crippen molar-refractivity contribution in [2.24, 2.45) is 0 Å². The molecule has 2 aromatic heterocycles. The fourth-order valence-electron chi connectivity index (χ4n) is 2.92. The van der Waals surface area contributed by atoms with Gasteiger partial charge in [-0.3, -0.25) is 0 Å². The zero-order valence-electron chi connectivity index (χ0n) is 16.1. The summed E-state index contributed by atoms with van der Waals surface area (Å²) in [6.45, 7) is 1.44. The van der Waals surface area contributed by atoms with Gasteiger partial charge in [-0.15, -0.1) is 22.7 Å². The molecule has 0 bridgehead atoms. The summed E-state index contributed by atoms with van der Waals surface area (Å²) < 4.78 is 44.5. The number of aromatic nitrogens is 2. The van der Waals surface area contributed by atoms with Crippen LogP contribution >= 0.6 is 22.7 Å². The summed E-state index contributed by atoms with van der Waals surface area (Å²) >= 11 is 2.94. The van der Waals surface area contributed by atoms with Gasteiger partial charge in [-0.25, -0.2) is 14.8 Å². The summed E-state index contributed by atoms with van der Waals surface area (Å²) in [7, 11) is 0. The number of thiazole rings is 2. The molecule has 160 valence electrons. The van der Waals surface area contributed by atoms with E-state index in [9.17, 15) is 18.0 Å². The van der Waals surface area contributed by atoms with Gasteiger partial charge in [0.2, 0.25) is 0 Å². The number of carbonyl (C=O) groups is 1. The first-order valence-corrected chi connectivity index (χ1v) is 10.7. The molecular formula is C21H15F3N2O3S2. The fourth-order valence-corrected chi connectivity index (χ4v) is 5.04. The van der Waals surface area contributed by atoms with Crippen LogP contribution in [0.15, 0.2) is 42.5 Å². The number of fused-ring (bicyclic) bond motifs is 1. The van der Waals surface area contributed by atoms with Crippen LogP contribution in [0.4, 0.5) is 13.2 Å². The Labute approximate surface area is 182 Å². The first-order valence-electron chi connectivity index (χ1n) is 9.07. The van der Waals surface area contributed by atoms with Gasteiger partial charge in [-0.1, -0.05) is 12.1 Å². The van der Waals surface area contributed by atoms with Crippen molar-refractivity contribution in [1.29, 1.82) is 0 Å². The van der Waals surface area contributed by atoms with Crippen molar-refractivity contribution in [2.75, 3.05) is 6.61 Å². The first kappa shape index (κ1) is 21.3. The number of aliphatic carboxylic acids is 1. The Bertz CT molecular complexity index is 1250. The van der Waals surface area contributed by atoms with Crippen LogP contribution in [0.5, 0.6) is 5.75 Å². The molecule has 0 saturated heterocycles. The lowest BCUT2D eigenvalue weighted by Gasteiger charge is -2.06. The van der Waals surface area contributed by atoms with Gasteiger partial charge in [0, 0.05) is 22.9 Å². The molecule has 0 fully saturated rings. The molecule has 10 heteroatoms. The lowest BCUT2D eigenvalue weighted by molar-refractivity contribution is -0.139. The maximum absolute atomic E-state index is 12.8. The molecule has 0 radical (unpaired) electrons. The minimum atomic E-state index is -4.37. The molecule has 2 aromatic carbocycles. The van der Waals surface area contributed by atoms with Crippen molar-refractivity contribution in [1.82, 2.24) is 9.97 Å². The number of alkyl halides is 3. The predicted molar refractivity (Wildman–Crippen MR) is 113 cm³/mol. The second-order valence-electron chi connectivity index (χ2n) is 6.70. The van der Waals surface area contributed by atoms with E-state index in [1.54, 1.807) is 12.1 Å². The molecule has 0 amide bonds. The zero-order chi connectivity index (χ0) is 22.2. The molecule has 31 heavy (non-hydrogen) atoms. The number of hydrogen-bond donors (Lipinski definition) is 1. The highest BCUT2D eigenvalue weighted by Gasteiger charge is 2.30. The van der Waals surface area contributed by atoms with Gasteiger partial charge in [0.15, 0.2) is 6.61 Å². The fraction of sp³-hybridized carbons (Fsp3) is 0.190. The standard InChI is InChI=1S/C21H15F3N2O3S2/c1-11-17(31-20(25-11)12-2-4-13(5-3-12)21(22,23)24)9-18-26-15-8-14(29-10-19(27)28)6-7-16(15)30-18/h2-8H,9-10H2,1H3,(H,27,28). The minimum absolute atomic E-state index is 0.421. The highest BCUT2D eigenvalue weighted by atomic mass is 32.1. The summed E-state index contributed by atoms with van der Waals surface area (Å²) in [5.74, 6) is -0.617. The lowest BCUT2D eigenvalue weighted by atomic mass is 10.1. The van der Waals surface area contributed by atoms with E-state index in [0.717, 1.165) is 32.4 Å². The second-order valence-corrected chi connectivity index (χ2v) is 8.90. The van der Waals surface area contributed by atoms with Crippen LogP contribution in [0, 0.1) is 6.92 Å². The van der Waals surface area contributed by atoms with Crippen molar-refractivity contribution in [2.45, 2.75) is 19.5 Å². The Balaban J connectivity index is 1.54. The van der Waals surface area contributed by atoms with E-state index in [1.165, 1.54) is 34.8 Å². The number of hydrogen-bond acceptors (Lipinski definition) is 6. The Morgan fingerprint density at radius 2 is 1.84 bits per heavy atom. The number of benzene rings is 2. The number of halogens is 3. The van der Waals surface area contributed by atoms with Gasteiger partial charge < -0.3 is 9.84 Å². The molecule has 0 aliphatic rings. The first-order chi connectivity index (χ1) is 14.7. The molecule has 0 aliphatic carbocycles. The van der Waals surface area contributed by atoms with Gasteiger partial charge >= 0.3 is 12.1 Å². The number of aryl methyl sites for hydroxylation is 1. The monoisotopic (exact) mass is 464 g/mol. The van der Waals surface area contributed by atoms with E-state index in [1.807, 2.05) is 13.0 Å². The van der Waals surface area contributed by atoms with E-state index in [4.69, 9.17) is 9.84 Å².